The molecule has 0 aliphatic carbocycles. The van der Waals surface area contributed by atoms with Crippen LogP contribution in [0.4, 0.5) is 0 Å². The highest BCUT2D eigenvalue weighted by Crippen LogP contribution is 2.22. The molecule has 2 rings (SSSR count). The number of hydrogen-bond donors (Lipinski definition) is 1. The van der Waals surface area contributed by atoms with Crippen LogP contribution >= 0.6 is 0 Å². The summed E-state index contributed by atoms with van der Waals surface area (Å²) in [5.41, 5.74) is 2.84. The van der Waals surface area contributed by atoms with E-state index in [9.17, 15) is 0 Å². The molecule has 2 atom stereocenters. The average molecular weight is 260 g/mol. The summed E-state index contributed by atoms with van der Waals surface area (Å²) in [5, 5.41) is 3.47. The number of hydrogen-bond acceptors (Lipinski definition) is 2. The van der Waals surface area contributed by atoms with Crippen LogP contribution in [0.15, 0.2) is 24.3 Å². The van der Waals surface area contributed by atoms with Crippen molar-refractivity contribution in [2.24, 2.45) is 5.92 Å². The van der Waals surface area contributed by atoms with Crippen LogP contribution in [0.1, 0.15) is 43.9 Å². The maximum atomic E-state index is 3.47. The molecular formula is C17H28N2. The van der Waals surface area contributed by atoms with E-state index in [0.717, 1.165) is 18.9 Å². The Morgan fingerprint density at radius 2 is 2.00 bits per heavy atom. The zero-order valence-corrected chi connectivity index (χ0v) is 12.7. The van der Waals surface area contributed by atoms with Gasteiger partial charge in [-0.05, 0) is 43.5 Å². The molecule has 0 bridgehead atoms. The molecule has 1 aliphatic rings. The van der Waals surface area contributed by atoms with Crippen LogP contribution in [-0.4, -0.2) is 31.6 Å². The molecule has 1 saturated heterocycles. The first-order chi connectivity index (χ1) is 9.26. The van der Waals surface area contributed by atoms with Gasteiger partial charge in [0.15, 0.2) is 0 Å². The minimum Gasteiger partial charge on any atom is -0.312 e. The third-order valence-corrected chi connectivity index (χ3v) is 4.53. The average Bonchev–Trinajstić information content (AvgIpc) is 2.92. The number of nitrogens with one attached hydrogen (secondary N) is 1. The number of rotatable bonds is 6. The Hall–Kier alpha value is -0.860. The van der Waals surface area contributed by atoms with Crippen LogP contribution < -0.4 is 5.32 Å². The van der Waals surface area contributed by atoms with Crippen molar-refractivity contribution in [1.82, 2.24) is 10.2 Å². The Kier molecular flexibility index (Phi) is 5.41. The summed E-state index contributed by atoms with van der Waals surface area (Å²) in [7, 11) is 2.08. The van der Waals surface area contributed by atoms with Crippen LogP contribution in [0.25, 0.3) is 0 Å². The fourth-order valence-electron chi connectivity index (χ4n) is 3.02. The zero-order chi connectivity index (χ0) is 13.7. The highest BCUT2D eigenvalue weighted by atomic mass is 15.2. The second kappa shape index (κ2) is 7.06. The van der Waals surface area contributed by atoms with Crippen LogP contribution in [0.2, 0.25) is 0 Å². The van der Waals surface area contributed by atoms with Crippen LogP contribution in [0.5, 0.6) is 0 Å². The number of likely N-dealkylation sites (N-methyl/N-ethyl adjacent to an activating group) is 1. The summed E-state index contributed by atoms with van der Waals surface area (Å²) in [5.74, 6) is 0.917. The Morgan fingerprint density at radius 1 is 1.26 bits per heavy atom. The van der Waals surface area contributed by atoms with Gasteiger partial charge in [-0.2, -0.15) is 0 Å². The van der Waals surface area contributed by atoms with E-state index in [0.29, 0.717) is 6.04 Å². The second-order valence-corrected chi connectivity index (χ2v) is 5.76. The lowest BCUT2D eigenvalue weighted by Crippen LogP contribution is -2.32. The normalized spacial score (nSPS) is 21.7. The van der Waals surface area contributed by atoms with Gasteiger partial charge in [-0.15, -0.1) is 0 Å². The molecule has 2 unspecified atom stereocenters. The monoisotopic (exact) mass is 260 g/mol. The Morgan fingerprint density at radius 3 is 2.53 bits per heavy atom. The molecule has 19 heavy (non-hydrogen) atoms. The molecule has 0 saturated carbocycles. The number of aryl methyl sites for hydroxylation is 1. The van der Waals surface area contributed by atoms with Gasteiger partial charge in [-0.3, -0.25) is 0 Å². The smallest absolute Gasteiger partial charge is 0.0446 e. The first-order valence-electron chi connectivity index (χ1n) is 7.75. The van der Waals surface area contributed by atoms with Gasteiger partial charge in [-0.1, -0.05) is 44.5 Å². The van der Waals surface area contributed by atoms with Crippen molar-refractivity contribution in [1.29, 1.82) is 0 Å². The number of likely N-dealkylation sites (tertiary alicyclic amines) is 1. The molecule has 1 aliphatic heterocycles. The number of nitrogens with zero attached hydrogens (tertiary/aromatic N) is 1. The van der Waals surface area contributed by atoms with E-state index >= 15 is 0 Å². The molecule has 1 N–H and O–H groups in total. The van der Waals surface area contributed by atoms with Gasteiger partial charge in [0.2, 0.25) is 0 Å². The fraction of sp³-hybridized carbons (Fsp3) is 0.647. The van der Waals surface area contributed by atoms with Gasteiger partial charge < -0.3 is 10.2 Å². The standard InChI is InChI=1S/C17H28N2/c1-4-14-6-8-16(9-7-14)17(18-3)13-19-11-10-15(5-2)12-19/h6-9,15,17-18H,4-5,10-13H2,1-3H3. The maximum absolute atomic E-state index is 3.47. The molecule has 0 radical (unpaired) electrons. The minimum atomic E-state index is 0.460. The van der Waals surface area contributed by atoms with E-state index < -0.39 is 0 Å². The molecule has 0 amide bonds. The second-order valence-electron chi connectivity index (χ2n) is 5.76. The molecular weight excluding hydrogens is 232 g/mol. The number of benzene rings is 1. The van der Waals surface area contributed by atoms with E-state index in [1.165, 1.54) is 37.1 Å². The molecule has 0 spiro atoms. The Balaban J connectivity index is 1.95. The molecule has 2 heteroatoms. The summed E-state index contributed by atoms with van der Waals surface area (Å²) in [6.45, 7) is 8.21. The minimum absolute atomic E-state index is 0.460. The van der Waals surface area contributed by atoms with Crippen LogP contribution in [-0.2, 0) is 6.42 Å². The lowest BCUT2D eigenvalue weighted by Gasteiger charge is -2.24. The summed E-state index contributed by atoms with van der Waals surface area (Å²) in [6.07, 6.45) is 3.82. The zero-order valence-electron chi connectivity index (χ0n) is 12.7. The first kappa shape index (κ1) is 14.5. The molecule has 1 fully saturated rings. The quantitative estimate of drug-likeness (QED) is 0.844. The third-order valence-electron chi connectivity index (χ3n) is 4.53. The van der Waals surface area contributed by atoms with Crippen molar-refractivity contribution in [3.05, 3.63) is 35.4 Å². The van der Waals surface area contributed by atoms with Crippen molar-refractivity contribution in [3.8, 4) is 0 Å². The summed E-state index contributed by atoms with van der Waals surface area (Å²) in [4.78, 5) is 2.61. The fourth-order valence-corrected chi connectivity index (χ4v) is 3.02. The van der Waals surface area contributed by atoms with Gasteiger partial charge in [0, 0.05) is 19.1 Å². The highest BCUT2D eigenvalue weighted by molar-refractivity contribution is 5.25. The predicted octanol–water partition coefficient (Wildman–Crippen LogP) is 3.24. The maximum Gasteiger partial charge on any atom is 0.0446 e. The summed E-state index contributed by atoms with van der Waals surface area (Å²) in [6, 6.07) is 9.55. The highest BCUT2D eigenvalue weighted by Gasteiger charge is 2.23. The predicted molar refractivity (Wildman–Crippen MR) is 82.5 cm³/mol. The van der Waals surface area contributed by atoms with Gasteiger partial charge in [0.1, 0.15) is 0 Å². The van der Waals surface area contributed by atoms with Gasteiger partial charge in [0.25, 0.3) is 0 Å². The van der Waals surface area contributed by atoms with Crippen molar-refractivity contribution < 1.29 is 0 Å². The Bertz CT molecular complexity index is 371. The molecule has 0 aromatic heterocycles. The first-order valence-corrected chi connectivity index (χ1v) is 7.75. The van der Waals surface area contributed by atoms with E-state index in [1.54, 1.807) is 0 Å². The molecule has 1 aromatic carbocycles. The molecule has 106 valence electrons. The van der Waals surface area contributed by atoms with E-state index in [1.807, 2.05) is 0 Å². The largest absolute Gasteiger partial charge is 0.312 e. The topological polar surface area (TPSA) is 15.3 Å². The van der Waals surface area contributed by atoms with Gasteiger partial charge >= 0.3 is 0 Å². The van der Waals surface area contributed by atoms with Crippen LogP contribution in [0.3, 0.4) is 0 Å². The van der Waals surface area contributed by atoms with Crippen molar-refractivity contribution >= 4 is 0 Å². The van der Waals surface area contributed by atoms with E-state index in [2.05, 4.69) is 55.4 Å². The third kappa shape index (κ3) is 3.80. The van der Waals surface area contributed by atoms with Crippen molar-refractivity contribution in [2.75, 3.05) is 26.7 Å². The van der Waals surface area contributed by atoms with Crippen molar-refractivity contribution in [3.63, 3.8) is 0 Å². The Labute approximate surface area is 118 Å². The van der Waals surface area contributed by atoms with Gasteiger partial charge in [0.05, 0.1) is 0 Å². The van der Waals surface area contributed by atoms with Crippen LogP contribution in [0, 0.1) is 5.92 Å². The lowest BCUT2D eigenvalue weighted by molar-refractivity contribution is 0.287. The van der Waals surface area contributed by atoms with Gasteiger partial charge in [-0.25, -0.2) is 0 Å². The van der Waals surface area contributed by atoms with E-state index in [4.69, 9.17) is 0 Å². The molecule has 1 aromatic rings. The summed E-state index contributed by atoms with van der Waals surface area (Å²) < 4.78 is 0. The molecule has 2 nitrogen and oxygen atoms in total. The molecule has 1 heterocycles. The SMILES string of the molecule is CCc1ccc(C(CN2CCC(CC)C2)NC)cc1. The summed E-state index contributed by atoms with van der Waals surface area (Å²) >= 11 is 0. The van der Waals surface area contributed by atoms with Crippen molar-refractivity contribution in [2.45, 2.75) is 39.2 Å². The van der Waals surface area contributed by atoms with E-state index in [-0.39, 0.29) is 0 Å². The lowest BCUT2D eigenvalue weighted by atomic mass is 10.0.